The Hall–Kier alpha value is -1.49. The van der Waals surface area contributed by atoms with Crippen molar-refractivity contribution >= 4 is 30.1 Å². The molecule has 1 atom stereocenters. The maximum absolute atomic E-state index is 12.8. The van der Waals surface area contributed by atoms with E-state index in [9.17, 15) is 4.79 Å². The predicted octanol–water partition coefficient (Wildman–Crippen LogP) is 4.60. The van der Waals surface area contributed by atoms with E-state index in [4.69, 9.17) is 5.73 Å². The molecular weight excluding hydrogens is 364 g/mol. The minimum absolute atomic E-state index is 0. The second-order valence-corrected chi connectivity index (χ2v) is 8.46. The van der Waals surface area contributed by atoms with Crippen molar-refractivity contribution in [3.63, 3.8) is 0 Å². The predicted molar refractivity (Wildman–Crippen MR) is 112 cm³/mol. The van der Waals surface area contributed by atoms with Crippen molar-refractivity contribution in [2.24, 2.45) is 11.1 Å². The molecule has 2 N–H and O–H groups in total. The Balaban J connectivity index is 0.00000243. The lowest BCUT2D eigenvalue weighted by Crippen LogP contribution is -2.53. The molecule has 1 aliphatic heterocycles. The molecule has 1 unspecified atom stereocenters. The van der Waals surface area contributed by atoms with Gasteiger partial charge in [0.2, 0.25) is 0 Å². The molecule has 0 saturated carbocycles. The first-order valence-electron chi connectivity index (χ1n) is 8.77. The Labute approximate surface area is 166 Å². The molecule has 3 nitrogen and oxygen atoms in total. The van der Waals surface area contributed by atoms with Gasteiger partial charge >= 0.3 is 0 Å². The fourth-order valence-electron chi connectivity index (χ4n) is 3.16. The molecule has 0 aromatic heterocycles. The van der Waals surface area contributed by atoms with Gasteiger partial charge in [0.15, 0.2) is 0 Å². The molecule has 0 radical (unpaired) electrons. The van der Waals surface area contributed by atoms with Crippen LogP contribution in [0.1, 0.15) is 36.2 Å². The molecule has 1 aliphatic rings. The van der Waals surface area contributed by atoms with Crippen LogP contribution >= 0.6 is 24.2 Å². The molecule has 1 saturated heterocycles. The lowest BCUT2D eigenvalue weighted by atomic mass is 9.79. The van der Waals surface area contributed by atoms with Gasteiger partial charge in [-0.05, 0) is 41.7 Å². The average molecular weight is 391 g/mol. The fourth-order valence-corrected chi connectivity index (χ4v) is 4.03. The Morgan fingerprint density at radius 3 is 2.42 bits per heavy atom. The number of carbonyl (C=O) groups excluding carboxylic acids is 1. The van der Waals surface area contributed by atoms with Crippen LogP contribution in [0.2, 0.25) is 0 Å². The van der Waals surface area contributed by atoms with Gasteiger partial charge in [-0.2, -0.15) is 0 Å². The topological polar surface area (TPSA) is 46.3 Å². The monoisotopic (exact) mass is 390 g/mol. The van der Waals surface area contributed by atoms with Crippen molar-refractivity contribution in [2.75, 3.05) is 13.1 Å². The van der Waals surface area contributed by atoms with Crippen molar-refractivity contribution < 1.29 is 4.79 Å². The summed E-state index contributed by atoms with van der Waals surface area (Å²) in [4.78, 5) is 16.0. The van der Waals surface area contributed by atoms with Gasteiger partial charge in [0.25, 0.3) is 5.91 Å². The quantitative estimate of drug-likeness (QED) is 0.776. The zero-order valence-corrected chi connectivity index (χ0v) is 17.0. The second-order valence-electron chi connectivity index (χ2n) is 7.41. The van der Waals surface area contributed by atoms with Crippen LogP contribution in [0, 0.1) is 5.41 Å². The second kappa shape index (κ2) is 8.94. The number of likely N-dealkylation sites (tertiary alicyclic amines) is 1. The van der Waals surface area contributed by atoms with Gasteiger partial charge in [-0.1, -0.05) is 44.2 Å². The number of thioether (sulfide) groups is 1. The number of hydrogen-bond donors (Lipinski definition) is 1. The van der Waals surface area contributed by atoms with Crippen LogP contribution in [-0.2, 0) is 5.75 Å². The van der Waals surface area contributed by atoms with Crippen LogP contribution in [0.3, 0.4) is 0 Å². The number of carbonyl (C=O) groups is 1. The minimum atomic E-state index is -0.0276. The highest BCUT2D eigenvalue weighted by Crippen LogP contribution is 2.29. The number of amides is 1. The van der Waals surface area contributed by atoms with E-state index in [2.05, 4.69) is 50.2 Å². The van der Waals surface area contributed by atoms with Gasteiger partial charge < -0.3 is 10.6 Å². The highest BCUT2D eigenvalue weighted by Gasteiger charge is 2.35. The molecule has 0 spiro atoms. The van der Waals surface area contributed by atoms with Gasteiger partial charge in [-0.15, -0.1) is 24.2 Å². The van der Waals surface area contributed by atoms with Crippen LogP contribution in [0.15, 0.2) is 59.5 Å². The Morgan fingerprint density at radius 1 is 1.15 bits per heavy atom. The maximum atomic E-state index is 12.8. The molecule has 0 bridgehead atoms. The smallest absolute Gasteiger partial charge is 0.253 e. The van der Waals surface area contributed by atoms with E-state index < -0.39 is 0 Å². The molecular formula is C21H27ClN2OS. The van der Waals surface area contributed by atoms with Crippen molar-refractivity contribution in [2.45, 2.75) is 37.0 Å². The van der Waals surface area contributed by atoms with Gasteiger partial charge in [0.05, 0.1) is 0 Å². The van der Waals surface area contributed by atoms with Gasteiger partial charge in [0.1, 0.15) is 0 Å². The molecule has 26 heavy (non-hydrogen) atoms. The highest BCUT2D eigenvalue weighted by molar-refractivity contribution is 7.98. The number of rotatable bonds is 4. The minimum Gasteiger partial charge on any atom is -0.338 e. The summed E-state index contributed by atoms with van der Waals surface area (Å²) in [5.74, 6) is 1.02. The summed E-state index contributed by atoms with van der Waals surface area (Å²) in [6.07, 6.45) is 0.866. The van der Waals surface area contributed by atoms with Crippen LogP contribution in [0.4, 0.5) is 0 Å². The standard InChI is InChI=1S/C21H26N2OS.ClH/c1-21(2)15-23(13-12-19(21)22)20(24)17-10-8-16(9-11-17)14-25-18-6-4-3-5-7-18;/h3-11,19H,12-15,22H2,1-2H3;1H. The van der Waals surface area contributed by atoms with Crippen LogP contribution in [-0.4, -0.2) is 29.9 Å². The summed E-state index contributed by atoms with van der Waals surface area (Å²) < 4.78 is 0. The van der Waals surface area contributed by atoms with E-state index in [1.807, 2.05) is 23.1 Å². The number of piperidine rings is 1. The normalized spacial score (nSPS) is 18.9. The lowest BCUT2D eigenvalue weighted by molar-refractivity contribution is 0.0533. The van der Waals surface area contributed by atoms with E-state index >= 15 is 0 Å². The number of halogens is 1. The zero-order valence-electron chi connectivity index (χ0n) is 15.4. The van der Waals surface area contributed by atoms with E-state index in [1.165, 1.54) is 10.5 Å². The highest BCUT2D eigenvalue weighted by atomic mass is 35.5. The third-order valence-corrected chi connectivity index (χ3v) is 6.03. The Kier molecular flexibility index (Phi) is 7.16. The zero-order chi connectivity index (χ0) is 17.9. The first-order valence-corrected chi connectivity index (χ1v) is 9.76. The molecule has 2 aromatic rings. The van der Waals surface area contributed by atoms with E-state index in [0.29, 0.717) is 0 Å². The summed E-state index contributed by atoms with van der Waals surface area (Å²) >= 11 is 1.81. The molecule has 1 amide bonds. The van der Waals surface area contributed by atoms with Crippen molar-refractivity contribution in [3.8, 4) is 0 Å². The van der Waals surface area contributed by atoms with E-state index in [0.717, 1.165) is 30.8 Å². The van der Waals surface area contributed by atoms with E-state index in [1.54, 1.807) is 11.8 Å². The van der Waals surface area contributed by atoms with Gasteiger partial charge in [-0.3, -0.25) is 4.79 Å². The van der Waals surface area contributed by atoms with Crippen LogP contribution < -0.4 is 5.73 Å². The van der Waals surface area contributed by atoms with Gasteiger partial charge in [0, 0.05) is 35.3 Å². The van der Waals surface area contributed by atoms with Crippen molar-refractivity contribution in [3.05, 3.63) is 65.7 Å². The molecule has 1 heterocycles. The van der Waals surface area contributed by atoms with E-state index in [-0.39, 0.29) is 29.8 Å². The fraction of sp³-hybridized carbons (Fsp3) is 0.381. The summed E-state index contributed by atoms with van der Waals surface area (Å²) in [7, 11) is 0. The molecule has 1 fully saturated rings. The molecule has 0 aliphatic carbocycles. The third kappa shape index (κ3) is 5.03. The molecule has 3 rings (SSSR count). The number of nitrogens with two attached hydrogens (primary N) is 1. The lowest BCUT2D eigenvalue weighted by Gasteiger charge is -2.42. The van der Waals surface area contributed by atoms with Crippen LogP contribution in [0.25, 0.3) is 0 Å². The molecule has 2 aromatic carbocycles. The third-order valence-electron chi connectivity index (χ3n) is 4.95. The summed E-state index contributed by atoms with van der Waals surface area (Å²) in [6.45, 7) is 5.75. The first kappa shape index (κ1) is 20.8. The van der Waals surface area contributed by atoms with Crippen LogP contribution in [0.5, 0.6) is 0 Å². The number of benzene rings is 2. The maximum Gasteiger partial charge on any atom is 0.253 e. The molecule has 140 valence electrons. The largest absolute Gasteiger partial charge is 0.338 e. The van der Waals surface area contributed by atoms with Gasteiger partial charge in [-0.25, -0.2) is 0 Å². The van der Waals surface area contributed by atoms with Crippen molar-refractivity contribution in [1.29, 1.82) is 0 Å². The SMILES string of the molecule is CC1(C)CN(C(=O)c2ccc(CSc3ccccc3)cc2)CCC1N.Cl. The number of nitrogens with zero attached hydrogens (tertiary/aromatic N) is 1. The first-order chi connectivity index (χ1) is 12.0. The summed E-state index contributed by atoms with van der Waals surface area (Å²) in [5, 5.41) is 0. The Bertz CT molecular complexity index is 719. The summed E-state index contributed by atoms with van der Waals surface area (Å²) in [5.41, 5.74) is 8.14. The number of hydrogen-bond acceptors (Lipinski definition) is 3. The molecule has 5 heteroatoms. The summed E-state index contributed by atoms with van der Waals surface area (Å²) in [6, 6.07) is 18.5. The Morgan fingerprint density at radius 2 is 1.81 bits per heavy atom. The average Bonchev–Trinajstić information content (AvgIpc) is 2.63. The van der Waals surface area contributed by atoms with Crippen molar-refractivity contribution in [1.82, 2.24) is 4.90 Å².